The van der Waals surface area contributed by atoms with Crippen LogP contribution in [0.5, 0.6) is 0 Å². The molecule has 0 spiro atoms. The van der Waals surface area contributed by atoms with Crippen molar-refractivity contribution in [1.29, 1.82) is 0 Å². The molecule has 0 saturated carbocycles. The first-order valence-corrected chi connectivity index (χ1v) is 14.1. The third kappa shape index (κ3) is 3.39. The fourth-order valence-electron chi connectivity index (χ4n) is 6.86. The van der Waals surface area contributed by atoms with E-state index in [1.807, 2.05) is 6.08 Å². The summed E-state index contributed by atoms with van der Waals surface area (Å²) in [5, 5.41) is 19.8. The minimum atomic E-state index is -2.10. The standard InChI is InChI=1S/C25H40N2O4Si/c1-15(2)32(16(3)4,17(5)6)27-21-10-9-18(26(7)8)13-19(21)20-14-25(23(28)29,24(30)31)12-11-22(20)27/h11-12,15-18H,9-10,13-14H2,1-8H3,(H,28,29)(H,30,31). The SMILES string of the molecule is CC(C)[Si](C(C)C)(C(C)C)n1c2c(c3c1CCC(N(C)C)C3)CC(C(=O)O)(C(=O)O)C=C2. The van der Waals surface area contributed by atoms with E-state index in [0.29, 0.717) is 22.7 Å². The number of fused-ring (bicyclic) bond motifs is 3. The number of rotatable bonds is 7. The van der Waals surface area contributed by atoms with Gasteiger partial charge in [0.15, 0.2) is 13.7 Å². The first-order chi connectivity index (χ1) is 14.8. The van der Waals surface area contributed by atoms with E-state index in [1.54, 1.807) is 0 Å². The Hall–Kier alpha value is -1.86. The second-order valence-corrected chi connectivity index (χ2v) is 16.6. The zero-order valence-electron chi connectivity index (χ0n) is 20.9. The molecule has 1 aromatic heterocycles. The number of aromatic nitrogens is 1. The quantitative estimate of drug-likeness (QED) is 0.457. The Labute approximate surface area is 193 Å². The van der Waals surface area contributed by atoms with Gasteiger partial charge in [0.2, 0.25) is 0 Å². The summed E-state index contributed by atoms with van der Waals surface area (Å²) in [5.74, 6) is -2.57. The summed E-state index contributed by atoms with van der Waals surface area (Å²) in [5.41, 5.74) is 4.17. The van der Waals surface area contributed by atoms with Crippen molar-refractivity contribution in [1.82, 2.24) is 9.13 Å². The van der Waals surface area contributed by atoms with Crippen molar-refractivity contribution in [3.8, 4) is 0 Å². The second kappa shape index (κ2) is 8.49. The van der Waals surface area contributed by atoms with E-state index in [0.717, 1.165) is 30.5 Å². The van der Waals surface area contributed by atoms with Crippen molar-refractivity contribution in [2.24, 2.45) is 5.41 Å². The predicted molar refractivity (Wildman–Crippen MR) is 131 cm³/mol. The molecule has 1 heterocycles. The Morgan fingerprint density at radius 2 is 1.56 bits per heavy atom. The zero-order chi connectivity index (χ0) is 24.2. The van der Waals surface area contributed by atoms with Crippen molar-refractivity contribution >= 4 is 26.3 Å². The molecule has 7 heteroatoms. The molecule has 0 bridgehead atoms. The maximum Gasteiger partial charge on any atom is 0.325 e. The van der Waals surface area contributed by atoms with Crippen molar-refractivity contribution in [2.45, 2.75) is 89.9 Å². The molecule has 2 aliphatic rings. The Bertz CT molecular complexity index is 906. The molecule has 0 amide bonds. The van der Waals surface area contributed by atoms with E-state index < -0.39 is 25.6 Å². The van der Waals surface area contributed by atoms with E-state index in [4.69, 9.17) is 0 Å². The van der Waals surface area contributed by atoms with Crippen LogP contribution < -0.4 is 0 Å². The Morgan fingerprint density at radius 1 is 1.03 bits per heavy atom. The summed E-state index contributed by atoms with van der Waals surface area (Å²) in [6.45, 7) is 14.0. The van der Waals surface area contributed by atoms with Crippen LogP contribution in [-0.4, -0.2) is 59.7 Å². The van der Waals surface area contributed by atoms with E-state index in [-0.39, 0.29) is 6.42 Å². The lowest BCUT2D eigenvalue weighted by atomic mass is 9.75. The van der Waals surface area contributed by atoms with Crippen LogP contribution >= 0.6 is 0 Å². The van der Waals surface area contributed by atoms with Gasteiger partial charge in [0, 0.05) is 23.9 Å². The topological polar surface area (TPSA) is 82.8 Å². The van der Waals surface area contributed by atoms with Gasteiger partial charge in [-0.15, -0.1) is 0 Å². The lowest BCUT2D eigenvalue weighted by Crippen LogP contribution is -2.53. The molecule has 2 aliphatic carbocycles. The van der Waals surface area contributed by atoms with E-state index >= 15 is 0 Å². The average molecular weight is 461 g/mol. The molecule has 1 unspecified atom stereocenters. The highest BCUT2D eigenvalue weighted by Gasteiger charge is 2.52. The maximum absolute atomic E-state index is 12.2. The molecule has 0 radical (unpaired) electrons. The van der Waals surface area contributed by atoms with Gasteiger partial charge in [-0.1, -0.05) is 47.6 Å². The number of aliphatic carboxylic acids is 2. The predicted octanol–water partition coefficient (Wildman–Crippen LogP) is 4.66. The normalized spacial score (nSPS) is 20.2. The molecule has 6 nitrogen and oxygen atoms in total. The first-order valence-electron chi connectivity index (χ1n) is 11.9. The molecular formula is C25H40N2O4Si. The number of carboxylic acids is 2. The highest BCUT2D eigenvalue weighted by Crippen LogP contribution is 2.49. The number of nitrogens with zero attached hydrogens (tertiary/aromatic N) is 2. The zero-order valence-corrected chi connectivity index (χ0v) is 21.9. The molecule has 3 rings (SSSR count). The Morgan fingerprint density at radius 3 is 2.00 bits per heavy atom. The summed E-state index contributed by atoms with van der Waals surface area (Å²) in [6.07, 6.45) is 6.16. The molecule has 1 aromatic rings. The van der Waals surface area contributed by atoms with Gasteiger partial charge in [-0.25, -0.2) is 0 Å². The van der Waals surface area contributed by atoms with Gasteiger partial charge in [0.25, 0.3) is 0 Å². The smallest absolute Gasteiger partial charge is 0.325 e. The maximum atomic E-state index is 12.2. The van der Waals surface area contributed by atoms with Crippen LogP contribution in [-0.2, 0) is 28.9 Å². The minimum absolute atomic E-state index is 0.0255. The van der Waals surface area contributed by atoms with Crippen LogP contribution in [0.3, 0.4) is 0 Å². The van der Waals surface area contributed by atoms with Crippen LogP contribution in [0.25, 0.3) is 6.08 Å². The molecule has 2 N–H and O–H groups in total. The van der Waals surface area contributed by atoms with Gasteiger partial charge in [-0.3, -0.25) is 9.59 Å². The monoisotopic (exact) mass is 460 g/mol. The van der Waals surface area contributed by atoms with Crippen LogP contribution in [0.15, 0.2) is 6.08 Å². The molecule has 0 saturated heterocycles. The van der Waals surface area contributed by atoms with Gasteiger partial charge in [-0.2, -0.15) is 0 Å². The molecule has 0 aromatic carbocycles. The highest BCUT2D eigenvalue weighted by molar-refractivity contribution is 6.82. The molecular weight excluding hydrogens is 420 g/mol. The first kappa shape index (κ1) is 24.8. The van der Waals surface area contributed by atoms with Crippen molar-refractivity contribution < 1.29 is 19.8 Å². The summed E-state index contributed by atoms with van der Waals surface area (Å²) in [7, 11) is 2.08. The fraction of sp³-hybridized carbons (Fsp3) is 0.680. The lowest BCUT2D eigenvalue weighted by Gasteiger charge is -2.47. The number of hydrogen-bond acceptors (Lipinski definition) is 3. The number of carbonyl (C=O) groups is 2. The largest absolute Gasteiger partial charge is 0.480 e. The van der Waals surface area contributed by atoms with Gasteiger partial charge >= 0.3 is 11.9 Å². The summed E-state index contributed by atoms with van der Waals surface area (Å²) in [4.78, 5) is 26.6. The fourth-order valence-corrected chi connectivity index (χ4v) is 13.8. The lowest BCUT2D eigenvalue weighted by molar-refractivity contribution is -0.160. The summed E-state index contributed by atoms with van der Waals surface area (Å²) < 4.78 is 2.65. The van der Waals surface area contributed by atoms with Crippen molar-refractivity contribution in [2.75, 3.05) is 14.1 Å². The summed E-state index contributed by atoms with van der Waals surface area (Å²) in [6, 6.07) is 0.380. The van der Waals surface area contributed by atoms with E-state index in [9.17, 15) is 19.8 Å². The van der Waals surface area contributed by atoms with Crippen LogP contribution in [0.1, 0.15) is 70.5 Å². The van der Waals surface area contributed by atoms with Crippen LogP contribution in [0, 0.1) is 5.41 Å². The number of hydrogen-bond donors (Lipinski definition) is 2. The van der Waals surface area contributed by atoms with E-state index in [1.165, 1.54) is 17.3 Å². The molecule has 1 atom stereocenters. The molecule has 0 fully saturated rings. The molecule has 0 aliphatic heterocycles. The van der Waals surface area contributed by atoms with Crippen molar-refractivity contribution in [3.63, 3.8) is 0 Å². The second-order valence-electron chi connectivity index (χ2n) is 10.9. The molecule has 178 valence electrons. The van der Waals surface area contributed by atoms with Gasteiger partial charge in [0.1, 0.15) is 0 Å². The van der Waals surface area contributed by atoms with Crippen LogP contribution in [0.2, 0.25) is 16.6 Å². The Balaban J connectivity index is 2.37. The van der Waals surface area contributed by atoms with Gasteiger partial charge in [-0.05, 0) is 67.2 Å². The van der Waals surface area contributed by atoms with E-state index in [2.05, 4.69) is 64.8 Å². The number of carboxylic acid groups (broad SMARTS) is 2. The minimum Gasteiger partial charge on any atom is -0.480 e. The molecule has 32 heavy (non-hydrogen) atoms. The number of likely N-dealkylation sites (N-methyl/N-ethyl adjacent to an activating group) is 1. The van der Waals surface area contributed by atoms with Crippen LogP contribution in [0.4, 0.5) is 0 Å². The summed E-state index contributed by atoms with van der Waals surface area (Å²) >= 11 is 0. The van der Waals surface area contributed by atoms with Gasteiger partial charge < -0.3 is 19.3 Å². The Kier molecular flexibility index (Phi) is 6.57. The average Bonchev–Trinajstić information content (AvgIpc) is 3.00. The highest BCUT2D eigenvalue weighted by atomic mass is 28.3. The van der Waals surface area contributed by atoms with Gasteiger partial charge in [0.05, 0.1) is 0 Å². The third-order valence-corrected chi connectivity index (χ3v) is 15.2. The van der Waals surface area contributed by atoms with Crippen molar-refractivity contribution in [3.05, 3.63) is 28.6 Å². The third-order valence-electron chi connectivity index (χ3n) is 8.32.